The molecule has 5 nitrogen and oxygen atoms in total. The fraction of sp³-hybridized carbons (Fsp3) is 0.444. The predicted octanol–water partition coefficient (Wildman–Crippen LogP) is 4.84. The van der Waals surface area contributed by atoms with Gasteiger partial charge in [0.25, 0.3) is 0 Å². The number of ether oxygens (including phenoxy) is 1. The van der Waals surface area contributed by atoms with Gasteiger partial charge in [0, 0.05) is 12.5 Å². The van der Waals surface area contributed by atoms with E-state index in [-0.39, 0.29) is 11.3 Å². The molecule has 1 aromatic carbocycles. The van der Waals surface area contributed by atoms with E-state index in [0.717, 1.165) is 15.9 Å². The summed E-state index contributed by atoms with van der Waals surface area (Å²) in [6, 6.07) is 7.79. The predicted molar refractivity (Wildman–Crippen MR) is 97.4 cm³/mol. The number of anilines is 1. The molecule has 1 heterocycles. The van der Waals surface area contributed by atoms with E-state index in [1.54, 1.807) is 13.0 Å². The summed E-state index contributed by atoms with van der Waals surface area (Å²) in [7, 11) is 0. The summed E-state index contributed by atoms with van der Waals surface area (Å²) < 4.78 is 11.6. The van der Waals surface area contributed by atoms with Crippen LogP contribution in [0, 0.1) is 6.92 Å². The van der Waals surface area contributed by atoms with Crippen molar-refractivity contribution in [3.63, 3.8) is 0 Å². The third-order valence-corrected chi connectivity index (χ3v) is 4.11. The molecule has 0 saturated carbocycles. The van der Waals surface area contributed by atoms with Gasteiger partial charge in [-0.05, 0) is 52.4 Å². The zero-order valence-corrected chi connectivity index (χ0v) is 16.1. The summed E-state index contributed by atoms with van der Waals surface area (Å²) in [6.07, 6.45) is 0.976. The van der Waals surface area contributed by atoms with Crippen molar-refractivity contribution in [2.45, 2.75) is 46.0 Å². The molecule has 0 aliphatic carbocycles. The molecule has 6 heteroatoms. The fourth-order valence-corrected chi connectivity index (χ4v) is 2.61. The maximum absolute atomic E-state index is 11.8. The largest absolute Gasteiger partial charge is 0.492 e. The minimum absolute atomic E-state index is 0.0954. The van der Waals surface area contributed by atoms with E-state index < -0.39 is 0 Å². The van der Waals surface area contributed by atoms with Crippen molar-refractivity contribution >= 4 is 27.7 Å². The number of aryl methyl sites for hydroxylation is 1. The van der Waals surface area contributed by atoms with Gasteiger partial charge in [-0.2, -0.15) is 0 Å². The molecule has 0 fully saturated rings. The lowest BCUT2D eigenvalue weighted by Gasteiger charge is -2.20. The average Bonchev–Trinajstić information content (AvgIpc) is 2.89. The highest BCUT2D eigenvalue weighted by Gasteiger charge is 2.15. The highest BCUT2D eigenvalue weighted by molar-refractivity contribution is 9.10. The van der Waals surface area contributed by atoms with E-state index in [2.05, 4.69) is 59.3 Å². The first kappa shape index (κ1) is 18.5. The maximum atomic E-state index is 11.8. The van der Waals surface area contributed by atoms with Gasteiger partial charge in [-0.1, -0.05) is 32.0 Å². The first-order valence-corrected chi connectivity index (χ1v) is 8.71. The second-order valence-electron chi connectivity index (χ2n) is 6.73. The monoisotopic (exact) mass is 394 g/mol. The highest BCUT2D eigenvalue weighted by Crippen LogP contribution is 2.31. The van der Waals surface area contributed by atoms with Crippen molar-refractivity contribution in [1.29, 1.82) is 0 Å². The molecule has 0 atom stereocenters. The molecule has 0 aliphatic rings. The minimum Gasteiger partial charge on any atom is -0.492 e. The lowest BCUT2D eigenvalue weighted by atomic mass is 9.87. The van der Waals surface area contributed by atoms with Crippen LogP contribution >= 0.6 is 15.9 Å². The molecule has 2 aromatic rings. The normalized spacial score (nSPS) is 11.4. The summed E-state index contributed by atoms with van der Waals surface area (Å²) >= 11 is 3.54. The number of hydrogen-bond acceptors (Lipinski definition) is 4. The van der Waals surface area contributed by atoms with Crippen LogP contribution in [0.1, 0.15) is 44.9 Å². The number of carbonyl (C=O) groups excluding carboxylic acids is 1. The molecule has 1 N–H and O–H groups in total. The molecular weight excluding hydrogens is 372 g/mol. The van der Waals surface area contributed by atoms with Crippen LogP contribution in [-0.4, -0.2) is 17.7 Å². The SMILES string of the molecule is Cc1cc(NC(=O)CCCOc2ccc(C(C)(C)C)cc2Br)on1. The maximum Gasteiger partial charge on any atom is 0.231 e. The molecule has 1 amide bonds. The lowest BCUT2D eigenvalue weighted by molar-refractivity contribution is -0.116. The summed E-state index contributed by atoms with van der Waals surface area (Å²) in [6.45, 7) is 8.78. The van der Waals surface area contributed by atoms with Crippen LogP contribution in [0.25, 0.3) is 0 Å². The molecule has 0 saturated heterocycles. The van der Waals surface area contributed by atoms with E-state index in [1.807, 2.05) is 6.07 Å². The van der Waals surface area contributed by atoms with Crippen LogP contribution in [0.4, 0.5) is 5.88 Å². The summed E-state index contributed by atoms with van der Waals surface area (Å²) in [5.74, 6) is 1.05. The van der Waals surface area contributed by atoms with Gasteiger partial charge >= 0.3 is 0 Å². The summed E-state index contributed by atoms with van der Waals surface area (Å²) in [5, 5.41) is 6.38. The first-order chi connectivity index (χ1) is 11.3. The van der Waals surface area contributed by atoms with E-state index >= 15 is 0 Å². The van der Waals surface area contributed by atoms with Crippen LogP contribution in [0.3, 0.4) is 0 Å². The number of benzene rings is 1. The van der Waals surface area contributed by atoms with Crippen LogP contribution < -0.4 is 10.1 Å². The standard InChI is InChI=1S/C18H23BrN2O3/c1-12-10-17(24-21-12)20-16(22)6-5-9-23-15-8-7-13(11-14(15)19)18(2,3)4/h7-8,10-11H,5-6,9H2,1-4H3,(H,20,22). The Labute approximate surface area is 150 Å². The second kappa shape index (κ2) is 7.83. The zero-order chi connectivity index (χ0) is 17.7. The van der Waals surface area contributed by atoms with Gasteiger partial charge in [0.15, 0.2) is 0 Å². The number of nitrogens with one attached hydrogen (secondary N) is 1. The molecule has 0 spiro atoms. The number of carbonyl (C=O) groups is 1. The Kier molecular flexibility index (Phi) is 6.04. The smallest absolute Gasteiger partial charge is 0.231 e. The third-order valence-electron chi connectivity index (χ3n) is 3.49. The Hall–Kier alpha value is -1.82. The Morgan fingerprint density at radius 2 is 2.08 bits per heavy atom. The number of nitrogens with zero attached hydrogens (tertiary/aromatic N) is 1. The molecule has 130 valence electrons. The topological polar surface area (TPSA) is 64.4 Å². The van der Waals surface area contributed by atoms with Crippen molar-refractivity contribution < 1.29 is 14.1 Å². The van der Waals surface area contributed by atoms with Crippen molar-refractivity contribution in [2.75, 3.05) is 11.9 Å². The van der Waals surface area contributed by atoms with Gasteiger partial charge in [-0.25, -0.2) is 0 Å². The van der Waals surface area contributed by atoms with Gasteiger partial charge in [0.05, 0.1) is 16.8 Å². The molecule has 0 radical (unpaired) electrons. The molecule has 0 unspecified atom stereocenters. The van der Waals surface area contributed by atoms with E-state index in [1.165, 1.54) is 5.56 Å². The number of halogens is 1. The van der Waals surface area contributed by atoms with Crippen molar-refractivity contribution in [2.24, 2.45) is 0 Å². The highest BCUT2D eigenvalue weighted by atomic mass is 79.9. The quantitative estimate of drug-likeness (QED) is 0.711. The average molecular weight is 395 g/mol. The molecular formula is C18H23BrN2O3. The molecule has 1 aromatic heterocycles. The van der Waals surface area contributed by atoms with Crippen LogP contribution in [-0.2, 0) is 10.2 Å². The van der Waals surface area contributed by atoms with E-state index in [9.17, 15) is 4.79 Å². The van der Waals surface area contributed by atoms with Crippen LogP contribution in [0.5, 0.6) is 5.75 Å². The van der Waals surface area contributed by atoms with Crippen molar-refractivity contribution in [1.82, 2.24) is 5.16 Å². The Bertz CT molecular complexity index is 705. The first-order valence-electron chi connectivity index (χ1n) is 7.92. The molecule has 0 bridgehead atoms. The Morgan fingerprint density at radius 3 is 2.67 bits per heavy atom. The van der Waals surface area contributed by atoms with Crippen molar-refractivity contribution in [3.05, 3.63) is 40.0 Å². The second-order valence-corrected chi connectivity index (χ2v) is 7.58. The number of hydrogen-bond donors (Lipinski definition) is 1. The lowest BCUT2D eigenvalue weighted by Crippen LogP contribution is -2.13. The Balaban J connectivity index is 1.77. The number of amides is 1. The van der Waals surface area contributed by atoms with E-state index in [4.69, 9.17) is 9.26 Å². The number of rotatable bonds is 6. The van der Waals surface area contributed by atoms with Gasteiger partial charge in [0.1, 0.15) is 5.75 Å². The minimum atomic E-state index is -0.114. The van der Waals surface area contributed by atoms with E-state index in [0.29, 0.717) is 25.3 Å². The molecule has 24 heavy (non-hydrogen) atoms. The molecule has 0 aliphatic heterocycles. The Morgan fingerprint density at radius 1 is 1.33 bits per heavy atom. The van der Waals surface area contributed by atoms with Crippen molar-refractivity contribution in [3.8, 4) is 5.75 Å². The van der Waals surface area contributed by atoms with Gasteiger partial charge < -0.3 is 9.26 Å². The summed E-state index contributed by atoms with van der Waals surface area (Å²) in [5.41, 5.74) is 2.07. The zero-order valence-electron chi connectivity index (χ0n) is 14.5. The fourth-order valence-electron chi connectivity index (χ4n) is 2.12. The number of aromatic nitrogens is 1. The van der Waals surface area contributed by atoms with Gasteiger partial charge in [0.2, 0.25) is 11.8 Å². The van der Waals surface area contributed by atoms with Crippen LogP contribution in [0.2, 0.25) is 0 Å². The third kappa shape index (κ3) is 5.37. The van der Waals surface area contributed by atoms with Gasteiger partial charge in [-0.15, -0.1) is 0 Å². The van der Waals surface area contributed by atoms with Crippen LogP contribution in [0.15, 0.2) is 33.3 Å². The summed E-state index contributed by atoms with van der Waals surface area (Å²) in [4.78, 5) is 11.8. The van der Waals surface area contributed by atoms with Gasteiger partial charge in [-0.3, -0.25) is 10.1 Å². The molecule has 2 rings (SSSR count).